The van der Waals surface area contributed by atoms with Crippen LogP contribution in [0.1, 0.15) is 323 Å². The van der Waals surface area contributed by atoms with E-state index in [1.807, 2.05) is 0 Å². The highest BCUT2D eigenvalue weighted by Gasteiger charge is 2.22. The van der Waals surface area contributed by atoms with Gasteiger partial charge in [0.25, 0.3) is 0 Å². The van der Waals surface area contributed by atoms with Gasteiger partial charge in [0, 0.05) is 0 Å². The van der Waals surface area contributed by atoms with Crippen LogP contribution in [0.4, 0.5) is 0 Å². The Balaban J connectivity index is -0.000000925. The highest BCUT2D eigenvalue weighted by Crippen LogP contribution is 2.43. The Hall–Kier alpha value is -0.0100. The molecule has 0 bridgehead atoms. The highest BCUT2D eigenvalue weighted by molar-refractivity contribution is 7.52. The number of nitrogens with two attached hydrogens (primary N) is 2. The Morgan fingerprint density at radius 2 is 0.507 bits per heavy atom. The van der Waals surface area contributed by atoms with Crippen molar-refractivity contribution in [2.75, 3.05) is 53.4 Å². The Bertz CT molecular complexity index is 862. The van der Waals surface area contributed by atoms with Gasteiger partial charge in [0.1, 0.15) is 0 Å². The summed E-state index contributed by atoms with van der Waals surface area (Å²) in [5.74, 6) is 0. The van der Waals surface area contributed by atoms with E-state index in [0.29, 0.717) is 6.42 Å². The molecule has 1 atom stereocenters. The maximum atomic E-state index is 10.9. The molecule has 0 amide bonds. The largest absolute Gasteiger partial charge is 0.330 e. The first-order valence-electron chi connectivity index (χ1n) is 30.4. The number of unbranched alkanes of at least 4 members (excludes halogenated alkanes) is 40. The molecular weight excluding hydrogens is 844 g/mol. The molecule has 6 N–H and O–H groups in total. The first kappa shape index (κ1) is 71.2. The van der Waals surface area contributed by atoms with Crippen LogP contribution in [0.25, 0.3) is 0 Å². The topological polar surface area (TPSA) is 116 Å². The fourth-order valence-electron chi connectivity index (χ4n) is 9.08. The van der Waals surface area contributed by atoms with Crippen LogP contribution < -0.4 is 11.5 Å². The average Bonchev–Trinajstić information content (AvgIpc) is 3.31. The van der Waals surface area contributed by atoms with Crippen molar-refractivity contribution in [2.45, 2.75) is 329 Å². The van der Waals surface area contributed by atoms with Crippen LogP contribution >= 0.6 is 7.60 Å². The van der Waals surface area contributed by atoms with E-state index < -0.39 is 13.3 Å². The Labute approximate surface area is 423 Å². The molecule has 0 fully saturated rings. The number of nitrogens with zero attached hydrogens (tertiary/aromatic N) is 2. The van der Waals surface area contributed by atoms with Gasteiger partial charge in [-0.15, -0.1) is 0 Å². The summed E-state index contributed by atoms with van der Waals surface area (Å²) in [6, 6.07) is 0. The van der Waals surface area contributed by atoms with Gasteiger partial charge < -0.3 is 31.1 Å². The van der Waals surface area contributed by atoms with Crippen LogP contribution in [0.5, 0.6) is 0 Å². The zero-order chi connectivity index (χ0) is 50.0. The Kier molecular flexibility index (Phi) is 66.0. The number of rotatable bonds is 53. The lowest BCUT2D eigenvalue weighted by Crippen LogP contribution is -2.22. The molecule has 0 rings (SSSR count). The molecule has 408 valence electrons. The standard InChI is InChI=1S/2C22H48N2.C15H33O3P/c2*1-3-4-5-6-7-8-9-10-11-12-13-14-15-16-17-18-21-24(2)22-19-20-23;1-3-4-5-6-7-8-9-10-11-12-13-14-15(2)19(16,17)18/h2*3-23H2,1-2H3;15H,3-14H2,1-2H3,(H2,16,17,18). The minimum Gasteiger partial charge on any atom is -0.330 e. The maximum Gasteiger partial charge on any atom is 0.328 e. The van der Waals surface area contributed by atoms with Crippen LogP contribution in [0.2, 0.25) is 0 Å². The lowest BCUT2D eigenvalue weighted by molar-refractivity contribution is 0.321. The zero-order valence-corrected chi connectivity index (χ0v) is 48.0. The summed E-state index contributed by atoms with van der Waals surface area (Å²) >= 11 is 0. The highest BCUT2D eigenvalue weighted by atomic mass is 31.2. The van der Waals surface area contributed by atoms with Gasteiger partial charge >= 0.3 is 7.60 Å². The third kappa shape index (κ3) is 68.1. The second kappa shape index (κ2) is 62.1. The minimum absolute atomic E-state index is 0.467. The van der Waals surface area contributed by atoms with Gasteiger partial charge in [-0.3, -0.25) is 4.57 Å². The third-order valence-corrected chi connectivity index (χ3v) is 15.5. The number of hydrogen-bond donors (Lipinski definition) is 4. The first-order chi connectivity index (χ1) is 32.6. The lowest BCUT2D eigenvalue weighted by atomic mass is 10.0. The Morgan fingerprint density at radius 3 is 0.701 bits per heavy atom. The molecule has 0 saturated carbocycles. The zero-order valence-electron chi connectivity index (χ0n) is 47.1. The van der Waals surface area contributed by atoms with Crippen molar-refractivity contribution < 1.29 is 14.4 Å². The van der Waals surface area contributed by atoms with E-state index >= 15 is 0 Å². The van der Waals surface area contributed by atoms with Crippen LogP contribution in [0.3, 0.4) is 0 Å². The minimum atomic E-state index is -3.84. The van der Waals surface area contributed by atoms with Gasteiger partial charge in [-0.1, -0.05) is 291 Å². The van der Waals surface area contributed by atoms with Crippen LogP contribution in [-0.2, 0) is 4.57 Å². The van der Waals surface area contributed by atoms with Crippen molar-refractivity contribution >= 4 is 7.60 Å². The summed E-state index contributed by atoms with van der Waals surface area (Å²) in [7, 11) is 0.610. The molecule has 0 aliphatic heterocycles. The van der Waals surface area contributed by atoms with Crippen molar-refractivity contribution in [1.29, 1.82) is 0 Å². The summed E-state index contributed by atoms with van der Waals surface area (Å²) < 4.78 is 10.9. The second-order valence-electron chi connectivity index (χ2n) is 21.3. The van der Waals surface area contributed by atoms with Crippen LogP contribution in [0, 0.1) is 0 Å². The van der Waals surface area contributed by atoms with Crippen LogP contribution in [-0.4, -0.2) is 78.6 Å². The molecule has 0 aliphatic carbocycles. The molecule has 0 aliphatic rings. The average molecular weight is 974 g/mol. The van der Waals surface area contributed by atoms with Gasteiger partial charge in [-0.25, -0.2) is 0 Å². The van der Waals surface area contributed by atoms with E-state index in [-0.39, 0.29) is 0 Å². The predicted octanol–water partition coefficient (Wildman–Crippen LogP) is 18.3. The number of hydrogen-bond acceptors (Lipinski definition) is 5. The Morgan fingerprint density at radius 1 is 0.328 bits per heavy atom. The summed E-state index contributed by atoms with van der Waals surface area (Å²) in [4.78, 5) is 22.8. The van der Waals surface area contributed by atoms with Crippen molar-refractivity contribution in [2.24, 2.45) is 11.5 Å². The molecule has 8 heteroatoms. The van der Waals surface area contributed by atoms with Crippen molar-refractivity contribution in [1.82, 2.24) is 9.80 Å². The van der Waals surface area contributed by atoms with Gasteiger partial charge in [0.05, 0.1) is 5.66 Å². The molecule has 0 aromatic carbocycles. The SMILES string of the molecule is CCCCCCCCCCCCCC(C)P(=O)(O)O.CCCCCCCCCCCCCCCCCCN(C)CCCN.CCCCCCCCCCCCCCCCCCN(C)CCCN. The second-order valence-corrected chi connectivity index (χ2v) is 23.3. The maximum absolute atomic E-state index is 10.9. The molecule has 67 heavy (non-hydrogen) atoms. The van der Waals surface area contributed by atoms with E-state index in [1.165, 1.54) is 276 Å². The molecule has 0 aromatic rings. The first-order valence-corrected chi connectivity index (χ1v) is 32.1. The molecule has 0 spiro atoms. The van der Waals surface area contributed by atoms with E-state index in [1.54, 1.807) is 6.92 Å². The fourth-order valence-corrected chi connectivity index (χ4v) is 9.60. The normalized spacial score (nSPS) is 12.1. The summed E-state index contributed by atoms with van der Waals surface area (Å²) in [6.45, 7) is 14.9. The van der Waals surface area contributed by atoms with E-state index in [9.17, 15) is 4.57 Å². The molecule has 0 heterocycles. The molecule has 0 radical (unpaired) electrons. The monoisotopic (exact) mass is 973 g/mol. The van der Waals surface area contributed by atoms with Crippen LogP contribution in [0.15, 0.2) is 0 Å². The van der Waals surface area contributed by atoms with Gasteiger partial charge in [0.15, 0.2) is 0 Å². The van der Waals surface area contributed by atoms with Crippen molar-refractivity contribution in [3.63, 3.8) is 0 Å². The van der Waals surface area contributed by atoms with E-state index in [4.69, 9.17) is 21.3 Å². The predicted molar refractivity (Wildman–Crippen MR) is 304 cm³/mol. The third-order valence-electron chi connectivity index (χ3n) is 14.1. The molecular formula is C59H129N4O3P. The molecule has 1 unspecified atom stereocenters. The van der Waals surface area contributed by atoms with Gasteiger partial charge in [0.2, 0.25) is 0 Å². The van der Waals surface area contributed by atoms with Gasteiger partial charge in [-0.2, -0.15) is 0 Å². The van der Waals surface area contributed by atoms with Gasteiger partial charge in [-0.05, 0) is 85.5 Å². The molecule has 0 saturated heterocycles. The lowest BCUT2D eigenvalue weighted by Gasteiger charge is -2.15. The summed E-state index contributed by atoms with van der Waals surface area (Å²) in [5, 5.41) is 0. The van der Waals surface area contributed by atoms with Crippen molar-refractivity contribution in [3.8, 4) is 0 Å². The smallest absolute Gasteiger partial charge is 0.328 e. The van der Waals surface area contributed by atoms with Crippen molar-refractivity contribution in [3.05, 3.63) is 0 Å². The summed E-state index contributed by atoms with van der Waals surface area (Å²) in [5.41, 5.74) is 10.6. The fraction of sp³-hybridized carbons (Fsp3) is 1.00. The van der Waals surface area contributed by atoms with E-state index in [2.05, 4.69) is 44.7 Å². The summed E-state index contributed by atoms with van der Waals surface area (Å²) in [6.07, 6.45) is 63.3. The molecule has 0 aromatic heterocycles. The quantitative estimate of drug-likeness (QED) is 0.0354. The van der Waals surface area contributed by atoms with E-state index in [0.717, 1.165) is 51.9 Å². The molecule has 7 nitrogen and oxygen atoms in total.